The first-order valence-electron chi connectivity index (χ1n) is 9.30. The van der Waals surface area contributed by atoms with Crippen molar-refractivity contribution in [2.45, 2.75) is 6.92 Å². The molecule has 3 aromatic rings. The van der Waals surface area contributed by atoms with Crippen LogP contribution in [0.15, 0.2) is 54.7 Å². The molecule has 1 aliphatic rings. The molecule has 0 unspecified atom stereocenters. The van der Waals surface area contributed by atoms with Gasteiger partial charge >= 0.3 is 0 Å². The SMILES string of the molecule is Cc1ccc(C(=O)N2CCN(C(=O)C(=O)c3c[nH]c4ccccc34)CC2)cc1. The second-order valence-corrected chi connectivity index (χ2v) is 7.03. The minimum Gasteiger partial charge on any atom is -0.360 e. The normalized spacial score (nSPS) is 14.3. The molecule has 142 valence electrons. The van der Waals surface area contributed by atoms with Crippen molar-refractivity contribution in [3.05, 3.63) is 71.4 Å². The molecular weight excluding hydrogens is 354 g/mol. The van der Waals surface area contributed by atoms with Crippen LogP contribution in [-0.2, 0) is 4.79 Å². The first-order chi connectivity index (χ1) is 13.5. The Labute approximate surface area is 162 Å². The third kappa shape index (κ3) is 3.29. The molecule has 0 bridgehead atoms. The van der Waals surface area contributed by atoms with Crippen molar-refractivity contribution in [1.82, 2.24) is 14.8 Å². The first-order valence-corrected chi connectivity index (χ1v) is 9.30. The van der Waals surface area contributed by atoms with Gasteiger partial charge in [-0.1, -0.05) is 35.9 Å². The van der Waals surface area contributed by atoms with E-state index >= 15 is 0 Å². The van der Waals surface area contributed by atoms with Gasteiger partial charge in [-0.15, -0.1) is 0 Å². The number of carbonyl (C=O) groups excluding carboxylic acids is 3. The zero-order valence-electron chi connectivity index (χ0n) is 15.6. The predicted octanol–water partition coefficient (Wildman–Crippen LogP) is 2.64. The van der Waals surface area contributed by atoms with Crippen LogP contribution >= 0.6 is 0 Å². The summed E-state index contributed by atoms with van der Waals surface area (Å²) in [4.78, 5) is 44.3. The molecule has 0 radical (unpaired) electrons. The van der Waals surface area contributed by atoms with Crippen LogP contribution in [0.4, 0.5) is 0 Å². The monoisotopic (exact) mass is 375 g/mol. The second kappa shape index (κ2) is 7.31. The highest BCUT2D eigenvalue weighted by molar-refractivity contribution is 6.44. The molecule has 1 fully saturated rings. The molecule has 0 atom stereocenters. The Hall–Kier alpha value is -3.41. The number of ketones is 1. The molecule has 0 aliphatic carbocycles. The van der Waals surface area contributed by atoms with Gasteiger partial charge in [0.25, 0.3) is 17.6 Å². The molecule has 0 saturated carbocycles. The van der Waals surface area contributed by atoms with Gasteiger partial charge in [0.15, 0.2) is 0 Å². The fourth-order valence-electron chi connectivity index (χ4n) is 3.51. The number of rotatable bonds is 3. The van der Waals surface area contributed by atoms with Gasteiger partial charge in [-0.25, -0.2) is 0 Å². The van der Waals surface area contributed by atoms with Crippen LogP contribution in [0.3, 0.4) is 0 Å². The number of piperazine rings is 1. The predicted molar refractivity (Wildman–Crippen MR) is 106 cm³/mol. The fourth-order valence-corrected chi connectivity index (χ4v) is 3.51. The van der Waals surface area contributed by atoms with E-state index in [2.05, 4.69) is 4.98 Å². The quantitative estimate of drug-likeness (QED) is 0.565. The summed E-state index contributed by atoms with van der Waals surface area (Å²) in [5, 5.41) is 0.744. The molecule has 4 rings (SSSR count). The van der Waals surface area contributed by atoms with Crippen molar-refractivity contribution in [1.29, 1.82) is 0 Å². The van der Waals surface area contributed by atoms with Gasteiger partial charge in [-0.05, 0) is 25.1 Å². The van der Waals surface area contributed by atoms with Gasteiger partial charge in [0.05, 0.1) is 5.56 Å². The van der Waals surface area contributed by atoms with Crippen LogP contribution in [-0.4, -0.2) is 58.6 Å². The summed E-state index contributed by atoms with van der Waals surface area (Å²) in [6.45, 7) is 3.51. The number of nitrogens with one attached hydrogen (secondary N) is 1. The number of carbonyl (C=O) groups is 3. The lowest BCUT2D eigenvalue weighted by Gasteiger charge is -2.34. The molecule has 2 heterocycles. The lowest BCUT2D eigenvalue weighted by Crippen LogP contribution is -2.52. The summed E-state index contributed by atoms with van der Waals surface area (Å²) in [5.74, 6) is -1.09. The van der Waals surface area contributed by atoms with E-state index in [-0.39, 0.29) is 5.91 Å². The average molecular weight is 375 g/mol. The van der Waals surface area contributed by atoms with Crippen molar-refractivity contribution in [2.24, 2.45) is 0 Å². The highest BCUT2D eigenvalue weighted by Gasteiger charge is 2.29. The van der Waals surface area contributed by atoms with Gasteiger partial charge < -0.3 is 14.8 Å². The van der Waals surface area contributed by atoms with E-state index in [1.54, 1.807) is 11.1 Å². The Balaban J connectivity index is 1.42. The lowest BCUT2D eigenvalue weighted by molar-refractivity contribution is -0.127. The van der Waals surface area contributed by atoms with E-state index in [9.17, 15) is 14.4 Å². The van der Waals surface area contributed by atoms with Gasteiger partial charge in [0.1, 0.15) is 0 Å². The Morgan fingerprint density at radius 1 is 0.857 bits per heavy atom. The van der Waals surface area contributed by atoms with Crippen LogP contribution in [0, 0.1) is 6.92 Å². The topological polar surface area (TPSA) is 73.5 Å². The van der Waals surface area contributed by atoms with E-state index in [1.165, 1.54) is 4.90 Å². The largest absolute Gasteiger partial charge is 0.360 e. The number of amides is 2. The minimum absolute atomic E-state index is 0.0462. The lowest BCUT2D eigenvalue weighted by atomic mass is 10.1. The summed E-state index contributed by atoms with van der Waals surface area (Å²) < 4.78 is 0. The molecule has 6 heteroatoms. The molecule has 1 aliphatic heterocycles. The number of benzene rings is 2. The number of aromatic amines is 1. The Bertz CT molecular complexity index is 1040. The number of Topliss-reactive ketones (excluding diaryl/α,β-unsaturated/α-hetero) is 1. The van der Waals surface area contributed by atoms with E-state index in [1.807, 2.05) is 55.5 Å². The van der Waals surface area contributed by atoms with Crippen LogP contribution in [0.25, 0.3) is 10.9 Å². The van der Waals surface area contributed by atoms with Crippen molar-refractivity contribution < 1.29 is 14.4 Å². The Kier molecular flexibility index (Phi) is 4.69. The van der Waals surface area contributed by atoms with Gasteiger partial charge in [-0.2, -0.15) is 0 Å². The number of para-hydroxylation sites is 1. The number of aromatic nitrogens is 1. The van der Waals surface area contributed by atoms with Gasteiger partial charge in [-0.3, -0.25) is 14.4 Å². The van der Waals surface area contributed by atoms with Crippen LogP contribution in [0.2, 0.25) is 0 Å². The number of aryl methyl sites for hydroxylation is 1. The summed E-state index contributed by atoms with van der Waals surface area (Å²) in [6.07, 6.45) is 1.59. The van der Waals surface area contributed by atoms with Crippen molar-refractivity contribution >= 4 is 28.5 Å². The molecule has 0 spiro atoms. The number of fused-ring (bicyclic) bond motifs is 1. The van der Waals surface area contributed by atoms with Crippen LogP contribution in [0.1, 0.15) is 26.3 Å². The molecule has 6 nitrogen and oxygen atoms in total. The number of nitrogens with zero attached hydrogens (tertiary/aromatic N) is 2. The number of hydrogen-bond acceptors (Lipinski definition) is 3. The fraction of sp³-hybridized carbons (Fsp3) is 0.227. The van der Waals surface area contributed by atoms with Crippen molar-refractivity contribution in [3.63, 3.8) is 0 Å². The average Bonchev–Trinajstić information content (AvgIpc) is 3.17. The van der Waals surface area contributed by atoms with Gasteiger partial charge in [0.2, 0.25) is 0 Å². The van der Waals surface area contributed by atoms with E-state index in [4.69, 9.17) is 0 Å². The van der Waals surface area contributed by atoms with Gasteiger partial charge in [0, 0.05) is 48.8 Å². The second-order valence-electron chi connectivity index (χ2n) is 7.03. The molecule has 2 aromatic carbocycles. The molecule has 1 saturated heterocycles. The van der Waals surface area contributed by atoms with Crippen LogP contribution < -0.4 is 0 Å². The molecule has 1 N–H and O–H groups in total. The zero-order chi connectivity index (χ0) is 19.7. The summed E-state index contributed by atoms with van der Waals surface area (Å²) in [6, 6.07) is 14.9. The first kappa shape index (κ1) is 18.0. The number of hydrogen-bond donors (Lipinski definition) is 1. The third-order valence-corrected chi connectivity index (χ3v) is 5.18. The standard InChI is InChI=1S/C22H21N3O3/c1-15-6-8-16(9-7-15)21(27)24-10-12-25(13-11-24)22(28)20(26)18-14-23-19-5-3-2-4-17(18)19/h2-9,14,23H,10-13H2,1H3. The maximum absolute atomic E-state index is 12.7. The molecule has 1 aromatic heterocycles. The van der Waals surface area contributed by atoms with E-state index < -0.39 is 11.7 Å². The summed E-state index contributed by atoms with van der Waals surface area (Å²) in [5.41, 5.74) is 2.95. The van der Waals surface area contributed by atoms with Crippen LogP contribution in [0.5, 0.6) is 0 Å². The van der Waals surface area contributed by atoms with Crippen molar-refractivity contribution in [2.75, 3.05) is 26.2 Å². The third-order valence-electron chi connectivity index (χ3n) is 5.18. The summed E-state index contributed by atoms with van der Waals surface area (Å²) >= 11 is 0. The summed E-state index contributed by atoms with van der Waals surface area (Å²) in [7, 11) is 0. The van der Waals surface area contributed by atoms with E-state index in [0.29, 0.717) is 37.3 Å². The maximum Gasteiger partial charge on any atom is 0.295 e. The molecule has 2 amide bonds. The Morgan fingerprint density at radius 3 is 2.21 bits per heavy atom. The maximum atomic E-state index is 12.7. The number of H-pyrrole nitrogens is 1. The molecular formula is C22H21N3O3. The molecule has 28 heavy (non-hydrogen) atoms. The highest BCUT2D eigenvalue weighted by Crippen LogP contribution is 2.19. The zero-order valence-corrected chi connectivity index (χ0v) is 15.6. The van der Waals surface area contributed by atoms with Crippen molar-refractivity contribution in [3.8, 4) is 0 Å². The smallest absolute Gasteiger partial charge is 0.295 e. The Morgan fingerprint density at radius 2 is 1.50 bits per heavy atom. The highest BCUT2D eigenvalue weighted by atomic mass is 16.2. The minimum atomic E-state index is -0.521. The van der Waals surface area contributed by atoms with E-state index in [0.717, 1.165) is 16.5 Å².